The summed E-state index contributed by atoms with van der Waals surface area (Å²) in [6.07, 6.45) is 9.84. The summed E-state index contributed by atoms with van der Waals surface area (Å²) in [6, 6.07) is 13.1. The first-order valence-corrected chi connectivity index (χ1v) is 10.8. The van der Waals surface area contributed by atoms with Crippen LogP contribution in [0.25, 0.3) is 21.5 Å². The number of hydrogen-bond acceptors (Lipinski definition) is 2. The van der Waals surface area contributed by atoms with E-state index in [1.54, 1.807) is 14.2 Å². The van der Waals surface area contributed by atoms with Gasteiger partial charge in [-0.3, -0.25) is 0 Å². The van der Waals surface area contributed by atoms with Crippen LogP contribution in [0.3, 0.4) is 0 Å². The van der Waals surface area contributed by atoms with Crippen molar-refractivity contribution in [3.05, 3.63) is 47.5 Å². The van der Waals surface area contributed by atoms with Crippen molar-refractivity contribution < 1.29 is 9.47 Å². The van der Waals surface area contributed by atoms with Crippen LogP contribution >= 0.6 is 0 Å². The van der Waals surface area contributed by atoms with E-state index in [-0.39, 0.29) is 0 Å². The molecule has 0 unspecified atom stereocenters. The summed E-state index contributed by atoms with van der Waals surface area (Å²) in [4.78, 5) is 0. The lowest BCUT2D eigenvalue weighted by molar-refractivity contribution is 0.417. The Morgan fingerprint density at radius 1 is 0.607 bits per heavy atom. The highest BCUT2D eigenvalue weighted by Crippen LogP contribution is 2.43. The molecule has 2 nitrogen and oxygen atoms in total. The maximum absolute atomic E-state index is 5.90. The van der Waals surface area contributed by atoms with Gasteiger partial charge < -0.3 is 9.47 Å². The molecule has 28 heavy (non-hydrogen) atoms. The Bertz CT molecular complexity index is 851. The molecule has 0 aliphatic carbocycles. The van der Waals surface area contributed by atoms with Gasteiger partial charge in [0.25, 0.3) is 0 Å². The zero-order valence-electron chi connectivity index (χ0n) is 17.9. The van der Waals surface area contributed by atoms with Crippen molar-refractivity contribution in [2.75, 3.05) is 14.2 Å². The third-order valence-electron chi connectivity index (χ3n) is 5.75. The number of methoxy groups -OCH3 is 2. The fourth-order valence-corrected chi connectivity index (χ4v) is 4.27. The summed E-state index contributed by atoms with van der Waals surface area (Å²) < 4.78 is 11.8. The summed E-state index contributed by atoms with van der Waals surface area (Å²) in [6.45, 7) is 4.53. The van der Waals surface area contributed by atoms with E-state index in [1.165, 1.54) is 60.4 Å². The highest BCUT2D eigenvalue weighted by Gasteiger charge is 2.17. The molecular formula is C26H34O2. The highest BCUT2D eigenvalue weighted by molar-refractivity contribution is 6.11. The van der Waals surface area contributed by atoms with Gasteiger partial charge in [0.15, 0.2) is 0 Å². The summed E-state index contributed by atoms with van der Waals surface area (Å²) in [5, 5.41) is 4.58. The Hall–Kier alpha value is -2.22. The van der Waals surface area contributed by atoms with E-state index in [9.17, 15) is 0 Å². The molecule has 150 valence electrons. The van der Waals surface area contributed by atoms with E-state index in [2.05, 4.69) is 50.2 Å². The monoisotopic (exact) mass is 378 g/mol. The van der Waals surface area contributed by atoms with Crippen LogP contribution in [-0.4, -0.2) is 14.2 Å². The third-order valence-corrected chi connectivity index (χ3v) is 5.75. The molecule has 0 spiro atoms. The van der Waals surface area contributed by atoms with Gasteiger partial charge >= 0.3 is 0 Å². The van der Waals surface area contributed by atoms with Crippen LogP contribution < -0.4 is 9.47 Å². The first kappa shape index (κ1) is 20.5. The molecule has 0 heterocycles. The Balaban J connectivity index is 2.22. The minimum atomic E-state index is 0.961. The molecule has 0 fully saturated rings. The lowest BCUT2D eigenvalue weighted by Crippen LogP contribution is -1.99. The Morgan fingerprint density at radius 3 is 1.39 bits per heavy atom. The van der Waals surface area contributed by atoms with Crippen LogP contribution in [0.15, 0.2) is 36.4 Å². The van der Waals surface area contributed by atoms with E-state index in [0.29, 0.717) is 0 Å². The van der Waals surface area contributed by atoms with Gasteiger partial charge in [-0.25, -0.2) is 0 Å². The van der Waals surface area contributed by atoms with Crippen molar-refractivity contribution in [3.63, 3.8) is 0 Å². The van der Waals surface area contributed by atoms with E-state index in [4.69, 9.17) is 9.47 Å². The van der Waals surface area contributed by atoms with Crippen molar-refractivity contribution in [2.45, 2.75) is 65.2 Å². The molecule has 0 aliphatic heterocycles. The summed E-state index contributed by atoms with van der Waals surface area (Å²) in [5.41, 5.74) is 2.96. The van der Waals surface area contributed by atoms with Gasteiger partial charge in [-0.2, -0.15) is 0 Å². The first-order chi connectivity index (χ1) is 13.7. The lowest BCUT2D eigenvalue weighted by Gasteiger charge is -2.18. The van der Waals surface area contributed by atoms with Gasteiger partial charge in [0, 0.05) is 21.5 Å². The SMILES string of the molecule is CCCCCc1cc2c(OC)c3ccccc3c(OC)c2cc1CCCCC. The van der Waals surface area contributed by atoms with E-state index < -0.39 is 0 Å². The zero-order chi connectivity index (χ0) is 19.9. The molecule has 0 bridgehead atoms. The standard InChI is InChI=1S/C26H34O2/c1-5-7-9-13-19-17-23-24(18-20(19)14-10-8-6-2)26(28-4)22-16-12-11-15-21(22)25(23)27-3/h11-12,15-18H,5-10,13-14H2,1-4H3. The third kappa shape index (κ3) is 4.11. The second-order valence-electron chi connectivity index (χ2n) is 7.69. The second-order valence-corrected chi connectivity index (χ2v) is 7.69. The van der Waals surface area contributed by atoms with Gasteiger partial charge in [-0.1, -0.05) is 63.8 Å². The lowest BCUT2D eigenvalue weighted by atomic mass is 9.91. The predicted octanol–water partition coefficient (Wildman–Crippen LogP) is 7.48. The molecular weight excluding hydrogens is 344 g/mol. The van der Waals surface area contributed by atoms with Crippen molar-refractivity contribution in [3.8, 4) is 11.5 Å². The Morgan fingerprint density at radius 2 is 1.04 bits per heavy atom. The number of aryl methyl sites for hydroxylation is 2. The van der Waals surface area contributed by atoms with Gasteiger partial charge in [0.2, 0.25) is 0 Å². The fraction of sp³-hybridized carbons (Fsp3) is 0.462. The van der Waals surface area contributed by atoms with Crippen LogP contribution in [0, 0.1) is 0 Å². The van der Waals surface area contributed by atoms with Crippen LogP contribution in [0.2, 0.25) is 0 Å². The number of fused-ring (bicyclic) bond motifs is 2. The topological polar surface area (TPSA) is 18.5 Å². The van der Waals surface area contributed by atoms with Gasteiger partial charge in [-0.05, 0) is 48.9 Å². The maximum atomic E-state index is 5.90. The molecule has 3 aromatic rings. The largest absolute Gasteiger partial charge is 0.495 e. The highest BCUT2D eigenvalue weighted by atomic mass is 16.5. The van der Waals surface area contributed by atoms with E-state index in [0.717, 1.165) is 35.1 Å². The molecule has 0 amide bonds. The summed E-state index contributed by atoms with van der Waals surface area (Å²) >= 11 is 0. The molecule has 0 saturated heterocycles. The van der Waals surface area contributed by atoms with Crippen molar-refractivity contribution in [1.29, 1.82) is 0 Å². The Labute approximate surface area is 169 Å². The first-order valence-electron chi connectivity index (χ1n) is 10.8. The quantitative estimate of drug-likeness (QED) is 0.269. The molecule has 0 radical (unpaired) electrons. The Kier molecular flexibility index (Phi) is 7.19. The summed E-state index contributed by atoms with van der Waals surface area (Å²) in [7, 11) is 3.55. The molecule has 0 aromatic heterocycles. The molecule has 0 atom stereocenters. The number of hydrogen-bond donors (Lipinski definition) is 0. The number of ether oxygens (including phenoxy) is 2. The van der Waals surface area contributed by atoms with Crippen molar-refractivity contribution in [2.24, 2.45) is 0 Å². The number of unbranched alkanes of at least 4 members (excludes halogenated alkanes) is 4. The smallest absolute Gasteiger partial charge is 0.134 e. The molecule has 0 aliphatic rings. The number of benzene rings is 3. The van der Waals surface area contributed by atoms with Gasteiger partial charge in [0.05, 0.1) is 14.2 Å². The molecule has 3 rings (SSSR count). The van der Waals surface area contributed by atoms with Crippen LogP contribution in [0.1, 0.15) is 63.5 Å². The van der Waals surface area contributed by atoms with E-state index >= 15 is 0 Å². The molecule has 0 N–H and O–H groups in total. The maximum Gasteiger partial charge on any atom is 0.134 e. The minimum Gasteiger partial charge on any atom is -0.495 e. The average molecular weight is 379 g/mol. The molecule has 2 heteroatoms. The number of rotatable bonds is 10. The fourth-order valence-electron chi connectivity index (χ4n) is 4.27. The van der Waals surface area contributed by atoms with Gasteiger partial charge in [-0.15, -0.1) is 0 Å². The van der Waals surface area contributed by atoms with Crippen LogP contribution in [0.4, 0.5) is 0 Å². The average Bonchev–Trinajstić information content (AvgIpc) is 2.72. The molecule has 0 saturated carbocycles. The van der Waals surface area contributed by atoms with Gasteiger partial charge in [0.1, 0.15) is 11.5 Å². The van der Waals surface area contributed by atoms with Crippen LogP contribution in [-0.2, 0) is 12.8 Å². The van der Waals surface area contributed by atoms with E-state index in [1.807, 2.05) is 0 Å². The van der Waals surface area contributed by atoms with Crippen molar-refractivity contribution >= 4 is 21.5 Å². The minimum absolute atomic E-state index is 0.961. The normalized spacial score (nSPS) is 11.3. The zero-order valence-corrected chi connectivity index (χ0v) is 17.9. The second kappa shape index (κ2) is 9.82. The molecule has 3 aromatic carbocycles. The predicted molar refractivity (Wildman–Crippen MR) is 121 cm³/mol. The van der Waals surface area contributed by atoms with Crippen molar-refractivity contribution in [1.82, 2.24) is 0 Å². The van der Waals surface area contributed by atoms with Crippen LogP contribution in [0.5, 0.6) is 11.5 Å². The summed E-state index contributed by atoms with van der Waals surface area (Å²) in [5.74, 6) is 1.92.